The van der Waals surface area contributed by atoms with Crippen LogP contribution in [0.3, 0.4) is 0 Å². The third-order valence-electron chi connectivity index (χ3n) is 18.8. The summed E-state index contributed by atoms with van der Waals surface area (Å²) in [5.41, 5.74) is 14.9. The van der Waals surface area contributed by atoms with Gasteiger partial charge in [-0.15, -0.1) is 0 Å². The molecule has 0 fully saturated rings. The minimum atomic E-state index is -0.111. The topological polar surface area (TPSA) is 22.8 Å². The zero-order valence-corrected chi connectivity index (χ0v) is 42.5. The normalized spacial score (nSPS) is 13.0. The van der Waals surface area contributed by atoms with E-state index in [2.05, 4.69) is 246 Å². The van der Waals surface area contributed by atoms with Crippen molar-refractivity contribution in [2.75, 3.05) is 0 Å². The number of aromatic nitrogens is 3. The second-order valence-corrected chi connectivity index (χ2v) is 22.3. The molecule has 3 aromatic heterocycles. The predicted molar refractivity (Wildman–Crippen MR) is 338 cm³/mol. The lowest BCUT2D eigenvalue weighted by atomic mass is 9.34. The first-order chi connectivity index (χ1) is 39.3. The highest BCUT2D eigenvalue weighted by Gasteiger charge is 2.42. The maximum Gasteiger partial charge on any atom is 0.252 e. The zero-order valence-electron chi connectivity index (χ0n) is 42.5. The molecule has 0 atom stereocenters. The summed E-state index contributed by atoms with van der Waals surface area (Å²) in [6, 6.07) is 90.1. The van der Waals surface area contributed by atoms with E-state index in [4.69, 9.17) is 4.98 Å². The molecule has 5 heterocycles. The summed E-state index contributed by atoms with van der Waals surface area (Å²) in [6.07, 6.45) is 1.99. The third kappa shape index (κ3) is 4.88. The molecule has 0 amide bonds. The molecule has 0 N–H and O–H groups in total. The smallest absolute Gasteiger partial charge is 0.252 e. The van der Waals surface area contributed by atoms with Crippen molar-refractivity contribution in [1.82, 2.24) is 14.1 Å². The van der Waals surface area contributed by atoms with Gasteiger partial charge in [-0.2, -0.15) is 0 Å². The van der Waals surface area contributed by atoms with Crippen molar-refractivity contribution in [3.8, 4) is 22.5 Å². The fourth-order valence-electron chi connectivity index (χ4n) is 15.9. The van der Waals surface area contributed by atoms with Gasteiger partial charge in [-0.25, -0.2) is 0 Å². The highest BCUT2D eigenvalue weighted by molar-refractivity contribution is 7.00. The highest BCUT2D eigenvalue weighted by Crippen LogP contribution is 2.51. The summed E-state index contributed by atoms with van der Waals surface area (Å²) < 4.78 is 5.39. The molecule has 2 aliphatic heterocycles. The fraction of sp³-hybridized carbons (Fsp3) is 0. The summed E-state index contributed by atoms with van der Waals surface area (Å²) in [6.45, 7) is -0.111. The number of para-hydroxylation sites is 1. The molecule has 20 rings (SSSR count). The number of fused-ring (bicyclic) bond motifs is 32. The van der Waals surface area contributed by atoms with E-state index >= 15 is 0 Å². The van der Waals surface area contributed by atoms with Gasteiger partial charge in [0.2, 0.25) is 0 Å². The Bertz CT molecular complexity index is 5860. The summed E-state index contributed by atoms with van der Waals surface area (Å²) >= 11 is 0. The highest BCUT2D eigenvalue weighted by atomic mass is 15.0. The van der Waals surface area contributed by atoms with Crippen LogP contribution in [0.1, 0.15) is 0 Å². The number of hydrogen-bond acceptors (Lipinski definition) is 1. The molecular weight excluding hydrogens is 954 g/mol. The van der Waals surface area contributed by atoms with Crippen LogP contribution >= 0.6 is 0 Å². The fourth-order valence-corrected chi connectivity index (χ4v) is 15.9. The average molecular weight is 994 g/mol. The van der Waals surface area contributed by atoms with Crippen molar-refractivity contribution in [1.29, 1.82) is 0 Å². The van der Waals surface area contributed by atoms with Crippen LogP contribution in [0, 0.1) is 0 Å². The van der Waals surface area contributed by atoms with Gasteiger partial charge in [-0.3, -0.25) is 4.98 Å². The minimum absolute atomic E-state index is 0.111. The molecule has 0 spiro atoms. The summed E-state index contributed by atoms with van der Waals surface area (Å²) in [5.74, 6) is 0. The molecule has 4 heteroatoms. The Morgan fingerprint density at radius 3 is 1.35 bits per heavy atom. The number of rotatable bonds is 1. The van der Waals surface area contributed by atoms with E-state index in [1.54, 1.807) is 0 Å². The number of hydrogen-bond donors (Lipinski definition) is 0. The van der Waals surface area contributed by atoms with Crippen molar-refractivity contribution >= 4 is 175 Å². The first-order valence-electron chi connectivity index (χ1n) is 27.7. The molecule has 15 aromatic carbocycles. The van der Waals surface area contributed by atoms with E-state index in [0.29, 0.717) is 0 Å². The second-order valence-electron chi connectivity index (χ2n) is 22.3. The van der Waals surface area contributed by atoms with Crippen LogP contribution in [-0.2, 0) is 0 Å². The van der Waals surface area contributed by atoms with E-state index in [-0.39, 0.29) is 6.71 Å². The van der Waals surface area contributed by atoms with Gasteiger partial charge in [-0.1, -0.05) is 200 Å². The number of benzene rings is 15. The molecule has 0 bridgehead atoms. The first kappa shape index (κ1) is 41.0. The maximum absolute atomic E-state index is 4.90. The molecule has 0 radical (unpaired) electrons. The predicted octanol–water partition coefficient (Wildman–Crippen LogP) is 17.6. The van der Waals surface area contributed by atoms with Gasteiger partial charge in [-0.05, 0) is 145 Å². The summed E-state index contributed by atoms with van der Waals surface area (Å²) in [5, 5.41) is 29.5. The van der Waals surface area contributed by atoms with Gasteiger partial charge in [0.15, 0.2) is 0 Å². The van der Waals surface area contributed by atoms with E-state index in [0.717, 1.165) is 10.9 Å². The monoisotopic (exact) mass is 993 g/mol. The lowest BCUT2D eigenvalue weighted by molar-refractivity contribution is 1.15. The van der Waals surface area contributed by atoms with Gasteiger partial charge in [0, 0.05) is 66.2 Å². The van der Waals surface area contributed by atoms with Gasteiger partial charge < -0.3 is 9.13 Å². The van der Waals surface area contributed by atoms with E-state index in [1.807, 2.05) is 6.20 Å². The van der Waals surface area contributed by atoms with Crippen molar-refractivity contribution < 1.29 is 0 Å². The Morgan fingerprint density at radius 2 is 0.734 bits per heavy atom. The van der Waals surface area contributed by atoms with E-state index in [1.165, 1.54) is 179 Å². The van der Waals surface area contributed by atoms with Crippen LogP contribution in [0.5, 0.6) is 0 Å². The van der Waals surface area contributed by atoms with Crippen molar-refractivity contribution in [3.05, 3.63) is 243 Å². The van der Waals surface area contributed by atoms with Crippen LogP contribution in [0.15, 0.2) is 243 Å². The SMILES string of the molecule is c1cc2c3c(c1)-n1c4c(cc(-c5ccnc6ccccc56)cc4c4ccc5c6ccccc6c6ccccc6c5c41)B3c1cc3c4ccccc4c4ccccc4c3c3c4c5c6ccccc6c6ccccc6c5ccc4n-2c13. The molecule has 0 unspecified atom stereocenters. The van der Waals surface area contributed by atoms with Crippen molar-refractivity contribution in [2.24, 2.45) is 0 Å². The van der Waals surface area contributed by atoms with Gasteiger partial charge in [0.1, 0.15) is 0 Å². The average Bonchev–Trinajstić information content (AvgIpc) is 2.79. The lowest BCUT2D eigenvalue weighted by Gasteiger charge is -2.34. The molecule has 79 heavy (non-hydrogen) atoms. The Hall–Kier alpha value is -10.3. The molecule has 18 aromatic rings. The standard InChI is InChI=1S/C75H40BN3/c1-4-22-49-43(16-1)46-19-7-10-26-53(46)67-56(49)34-35-64-70(67)71-68-54-27-11-8-20-47(54)45-18-3-6-24-51(45)59(68)40-62-75(71)78(64)65-30-15-31-66-72(65)76(62)61-39-41(42-36-37-77-63-29-14-13-25-52(42)63)38-60-58-33-32-57-50-23-5-2-17-44(50)48-21-9-12-28-55(48)69(57)74(58)79(66)73(60)61/h1-40H. The molecule has 0 saturated carbocycles. The largest absolute Gasteiger partial charge is 0.310 e. The summed E-state index contributed by atoms with van der Waals surface area (Å²) in [7, 11) is 0. The molecule has 2 aliphatic rings. The Labute approximate surface area is 451 Å². The maximum atomic E-state index is 4.90. The first-order valence-corrected chi connectivity index (χ1v) is 27.7. The Morgan fingerprint density at radius 1 is 0.278 bits per heavy atom. The molecule has 358 valence electrons. The van der Waals surface area contributed by atoms with Crippen LogP contribution in [0.25, 0.3) is 174 Å². The number of pyridine rings is 1. The van der Waals surface area contributed by atoms with Gasteiger partial charge >= 0.3 is 0 Å². The van der Waals surface area contributed by atoms with Gasteiger partial charge in [0.05, 0.1) is 22.1 Å². The summed E-state index contributed by atoms with van der Waals surface area (Å²) in [4.78, 5) is 4.90. The number of nitrogens with zero attached hydrogens (tertiary/aromatic N) is 3. The Kier molecular flexibility index (Phi) is 7.46. The quantitative estimate of drug-likeness (QED) is 0.119. The molecule has 0 saturated heterocycles. The minimum Gasteiger partial charge on any atom is -0.310 e. The Balaban J connectivity index is 1.06. The van der Waals surface area contributed by atoms with Gasteiger partial charge in [0.25, 0.3) is 6.71 Å². The third-order valence-corrected chi connectivity index (χ3v) is 18.8. The van der Waals surface area contributed by atoms with Crippen LogP contribution in [-0.4, -0.2) is 20.8 Å². The molecule has 0 aliphatic carbocycles. The zero-order chi connectivity index (χ0) is 50.9. The van der Waals surface area contributed by atoms with Crippen LogP contribution in [0.2, 0.25) is 0 Å². The van der Waals surface area contributed by atoms with Crippen molar-refractivity contribution in [3.63, 3.8) is 0 Å². The van der Waals surface area contributed by atoms with E-state index in [9.17, 15) is 0 Å². The molecular formula is C75H40BN3. The van der Waals surface area contributed by atoms with Crippen LogP contribution < -0.4 is 16.4 Å². The van der Waals surface area contributed by atoms with Crippen LogP contribution in [0.4, 0.5) is 0 Å². The lowest BCUT2D eigenvalue weighted by Crippen LogP contribution is -2.59. The molecule has 3 nitrogen and oxygen atoms in total. The van der Waals surface area contributed by atoms with E-state index < -0.39 is 0 Å². The van der Waals surface area contributed by atoms with Crippen molar-refractivity contribution in [2.45, 2.75) is 0 Å². The second kappa shape index (κ2) is 14.4.